The van der Waals surface area contributed by atoms with Gasteiger partial charge in [0.1, 0.15) is 0 Å². The Bertz CT molecular complexity index is 894. The number of halogens is 3. The number of hydrogen-bond donors (Lipinski definition) is 1. The molecule has 0 saturated heterocycles. The lowest BCUT2D eigenvalue weighted by Crippen LogP contribution is -2.25. The van der Waals surface area contributed by atoms with Crippen LogP contribution in [0.2, 0.25) is 0 Å². The van der Waals surface area contributed by atoms with E-state index in [1.807, 2.05) is 0 Å². The normalized spacial score (nSPS) is 12.2. The van der Waals surface area contributed by atoms with Gasteiger partial charge in [-0.15, -0.1) is 0 Å². The van der Waals surface area contributed by atoms with Gasteiger partial charge in [0.2, 0.25) is 10.0 Å². The Hall–Kier alpha value is -2.46. The van der Waals surface area contributed by atoms with Gasteiger partial charge in [-0.1, -0.05) is 24.3 Å². The minimum atomic E-state index is -4.49. The van der Waals surface area contributed by atoms with Crippen molar-refractivity contribution in [1.29, 1.82) is 0 Å². The molecule has 0 aliphatic rings. The molecule has 6 nitrogen and oxygen atoms in total. The van der Waals surface area contributed by atoms with E-state index in [4.69, 9.17) is 0 Å². The molecule has 0 aromatic heterocycles. The summed E-state index contributed by atoms with van der Waals surface area (Å²) in [7, 11) is -4.22. The van der Waals surface area contributed by atoms with Crippen molar-refractivity contribution in [1.82, 2.24) is 4.72 Å². The SMILES string of the molecule is Cc1cccc([N+](=O)[O-])c1S(=O)(=O)NCc1ccc(C(F)(F)F)cc1. The summed E-state index contributed by atoms with van der Waals surface area (Å²) in [5, 5.41) is 11.0. The second kappa shape index (κ2) is 6.81. The Morgan fingerprint density at radius 3 is 2.24 bits per heavy atom. The first-order valence-corrected chi connectivity index (χ1v) is 8.40. The van der Waals surface area contributed by atoms with E-state index in [0.29, 0.717) is 0 Å². The Morgan fingerprint density at radius 2 is 1.72 bits per heavy atom. The Balaban J connectivity index is 2.25. The molecule has 0 bridgehead atoms. The van der Waals surface area contributed by atoms with E-state index in [1.54, 1.807) is 0 Å². The predicted octanol–water partition coefficient (Wildman–Crippen LogP) is 3.40. The van der Waals surface area contributed by atoms with Gasteiger partial charge in [-0.2, -0.15) is 13.2 Å². The summed E-state index contributed by atoms with van der Waals surface area (Å²) in [6.45, 7) is 1.12. The first kappa shape index (κ1) is 18.9. The third kappa shape index (κ3) is 4.34. The van der Waals surface area contributed by atoms with Crippen LogP contribution >= 0.6 is 0 Å². The smallest absolute Gasteiger partial charge is 0.258 e. The maximum absolute atomic E-state index is 12.5. The monoisotopic (exact) mass is 374 g/mol. The largest absolute Gasteiger partial charge is 0.416 e. The van der Waals surface area contributed by atoms with E-state index in [1.165, 1.54) is 19.1 Å². The predicted molar refractivity (Wildman–Crippen MR) is 83.3 cm³/mol. The molecule has 0 saturated carbocycles. The summed E-state index contributed by atoms with van der Waals surface area (Å²) in [6.07, 6.45) is -4.49. The van der Waals surface area contributed by atoms with Crippen LogP contribution in [0, 0.1) is 17.0 Å². The Labute approximate surface area is 141 Å². The number of nitrogens with one attached hydrogen (secondary N) is 1. The zero-order chi connectivity index (χ0) is 18.8. The van der Waals surface area contributed by atoms with Crippen LogP contribution in [0.15, 0.2) is 47.4 Å². The third-order valence-electron chi connectivity index (χ3n) is 3.40. The van der Waals surface area contributed by atoms with E-state index < -0.39 is 37.3 Å². The minimum Gasteiger partial charge on any atom is -0.258 e. The highest BCUT2D eigenvalue weighted by atomic mass is 32.2. The third-order valence-corrected chi connectivity index (χ3v) is 5.00. The highest BCUT2D eigenvalue weighted by molar-refractivity contribution is 7.89. The molecule has 0 unspecified atom stereocenters. The van der Waals surface area contributed by atoms with Crippen LogP contribution < -0.4 is 4.72 Å². The maximum Gasteiger partial charge on any atom is 0.416 e. The molecule has 0 heterocycles. The van der Waals surface area contributed by atoms with E-state index in [-0.39, 0.29) is 17.7 Å². The number of nitro groups is 1. The van der Waals surface area contributed by atoms with Crippen LogP contribution in [0.5, 0.6) is 0 Å². The van der Waals surface area contributed by atoms with Gasteiger partial charge in [0.05, 0.1) is 10.5 Å². The van der Waals surface area contributed by atoms with Gasteiger partial charge in [-0.3, -0.25) is 10.1 Å². The number of aryl methyl sites for hydroxylation is 1. The van der Waals surface area contributed by atoms with Crippen LogP contribution in [0.25, 0.3) is 0 Å². The molecule has 0 radical (unpaired) electrons. The molecule has 0 aliphatic carbocycles. The summed E-state index contributed by atoms with van der Waals surface area (Å²) < 4.78 is 64.5. The van der Waals surface area contributed by atoms with Crippen LogP contribution in [-0.2, 0) is 22.7 Å². The fraction of sp³-hybridized carbons (Fsp3) is 0.200. The van der Waals surface area contributed by atoms with Gasteiger partial charge < -0.3 is 0 Å². The highest BCUT2D eigenvalue weighted by Gasteiger charge is 2.30. The first-order chi connectivity index (χ1) is 11.5. The van der Waals surface area contributed by atoms with Gasteiger partial charge >= 0.3 is 6.18 Å². The van der Waals surface area contributed by atoms with Crippen LogP contribution in [0.1, 0.15) is 16.7 Å². The van der Waals surface area contributed by atoms with Crippen molar-refractivity contribution in [2.45, 2.75) is 24.5 Å². The van der Waals surface area contributed by atoms with Gasteiger partial charge in [-0.25, -0.2) is 13.1 Å². The number of alkyl halides is 3. The lowest BCUT2D eigenvalue weighted by molar-refractivity contribution is -0.387. The van der Waals surface area contributed by atoms with Crippen molar-refractivity contribution in [2.24, 2.45) is 0 Å². The molecular formula is C15H13F3N2O4S. The zero-order valence-corrected chi connectivity index (χ0v) is 13.7. The molecule has 1 N–H and O–H groups in total. The van der Waals surface area contributed by atoms with Gasteiger partial charge in [-0.05, 0) is 30.2 Å². The number of benzene rings is 2. The molecule has 10 heteroatoms. The van der Waals surface area contributed by atoms with Crippen LogP contribution in [0.3, 0.4) is 0 Å². The lowest BCUT2D eigenvalue weighted by Gasteiger charge is -2.11. The van der Waals surface area contributed by atoms with Crippen molar-refractivity contribution in [3.63, 3.8) is 0 Å². The van der Waals surface area contributed by atoms with E-state index in [2.05, 4.69) is 4.72 Å². The second-order valence-electron chi connectivity index (χ2n) is 5.20. The summed E-state index contributed by atoms with van der Waals surface area (Å²) in [5.74, 6) is 0. The number of rotatable bonds is 5. The maximum atomic E-state index is 12.5. The van der Waals surface area contributed by atoms with E-state index in [9.17, 15) is 31.7 Å². The number of sulfonamides is 1. The zero-order valence-electron chi connectivity index (χ0n) is 12.9. The lowest BCUT2D eigenvalue weighted by atomic mass is 10.1. The van der Waals surface area contributed by atoms with E-state index >= 15 is 0 Å². The van der Waals surface area contributed by atoms with Gasteiger partial charge in [0, 0.05) is 12.6 Å². The highest BCUT2D eigenvalue weighted by Crippen LogP contribution is 2.29. The topological polar surface area (TPSA) is 89.3 Å². The van der Waals surface area contributed by atoms with Crippen molar-refractivity contribution in [3.8, 4) is 0 Å². The Morgan fingerprint density at radius 1 is 1.12 bits per heavy atom. The molecule has 25 heavy (non-hydrogen) atoms. The molecule has 0 amide bonds. The van der Waals surface area contributed by atoms with Gasteiger partial charge in [0.25, 0.3) is 5.69 Å². The molecule has 134 valence electrons. The fourth-order valence-electron chi connectivity index (χ4n) is 2.19. The fourth-order valence-corrected chi connectivity index (χ4v) is 3.60. The van der Waals surface area contributed by atoms with Crippen molar-refractivity contribution < 1.29 is 26.5 Å². The quantitative estimate of drug-likeness (QED) is 0.642. The molecule has 0 fully saturated rings. The van der Waals surface area contributed by atoms with Crippen molar-refractivity contribution in [2.75, 3.05) is 0 Å². The molecule has 2 aromatic carbocycles. The molecule has 2 rings (SSSR count). The van der Waals surface area contributed by atoms with Crippen LogP contribution in [0.4, 0.5) is 18.9 Å². The summed E-state index contributed by atoms with van der Waals surface area (Å²) in [4.78, 5) is 9.76. The first-order valence-electron chi connectivity index (χ1n) is 6.92. The van der Waals surface area contributed by atoms with Crippen molar-refractivity contribution in [3.05, 3.63) is 69.3 Å². The number of hydrogen-bond acceptors (Lipinski definition) is 4. The average Bonchev–Trinajstić information content (AvgIpc) is 2.52. The summed E-state index contributed by atoms with van der Waals surface area (Å²) in [6, 6.07) is 7.79. The summed E-state index contributed by atoms with van der Waals surface area (Å²) >= 11 is 0. The standard InChI is InChI=1S/C15H13F3N2O4S/c1-10-3-2-4-13(20(21)22)14(10)25(23,24)19-9-11-5-7-12(8-6-11)15(16,17)18/h2-8,19H,9H2,1H3. The Kier molecular flexibility index (Phi) is 5.14. The molecule has 2 aromatic rings. The number of nitro benzene ring substituents is 1. The minimum absolute atomic E-state index is 0.189. The molecule has 0 aliphatic heterocycles. The summed E-state index contributed by atoms with van der Waals surface area (Å²) in [5.41, 5.74) is -0.949. The van der Waals surface area contributed by atoms with Gasteiger partial charge in [0.15, 0.2) is 4.90 Å². The molecular weight excluding hydrogens is 361 g/mol. The molecule has 0 spiro atoms. The second-order valence-corrected chi connectivity index (χ2v) is 6.90. The van der Waals surface area contributed by atoms with E-state index in [0.717, 1.165) is 30.3 Å². The van der Waals surface area contributed by atoms with Crippen molar-refractivity contribution >= 4 is 15.7 Å². The number of nitrogens with zero attached hydrogens (tertiary/aromatic N) is 1. The average molecular weight is 374 g/mol. The van der Waals surface area contributed by atoms with Crippen LogP contribution in [-0.4, -0.2) is 13.3 Å². The molecule has 0 atom stereocenters.